The number of benzene rings is 1. The molecule has 1 unspecified atom stereocenters. The third-order valence-electron chi connectivity index (χ3n) is 3.38. The summed E-state index contributed by atoms with van der Waals surface area (Å²) in [6.45, 7) is 2.77. The van der Waals surface area contributed by atoms with E-state index in [1.165, 1.54) is 11.8 Å². The van der Waals surface area contributed by atoms with Gasteiger partial charge in [-0.05, 0) is 38.4 Å². The second-order valence-electron chi connectivity index (χ2n) is 5.07. The molecule has 20 heavy (non-hydrogen) atoms. The van der Waals surface area contributed by atoms with Gasteiger partial charge in [0.2, 0.25) is 11.8 Å². The van der Waals surface area contributed by atoms with E-state index in [2.05, 4.69) is 10.6 Å². The first-order valence-electron chi connectivity index (χ1n) is 6.58. The average Bonchev–Trinajstić information content (AvgIpc) is 2.86. The molecule has 0 radical (unpaired) electrons. The molecule has 1 fully saturated rings. The Morgan fingerprint density at radius 3 is 2.85 bits per heavy atom. The van der Waals surface area contributed by atoms with E-state index in [-0.39, 0.29) is 17.6 Å². The maximum atomic E-state index is 12.4. The summed E-state index contributed by atoms with van der Waals surface area (Å²) in [7, 11) is 0. The summed E-state index contributed by atoms with van der Waals surface area (Å²) >= 11 is 1.33. The number of thioether (sulfide) groups is 1. The van der Waals surface area contributed by atoms with Crippen LogP contribution >= 0.6 is 11.8 Å². The Labute approximate surface area is 122 Å². The third kappa shape index (κ3) is 3.52. The number of rotatable bonds is 5. The van der Waals surface area contributed by atoms with E-state index in [0.29, 0.717) is 0 Å². The van der Waals surface area contributed by atoms with Gasteiger partial charge in [-0.3, -0.25) is 9.59 Å². The molecule has 1 aliphatic heterocycles. The first-order valence-corrected chi connectivity index (χ1v) is 7.56. The van der Waals surface area contributed by atoms with Crippen molar-refractivity contribution >= 4 is 29.3 Å². The van der Waals surface area contributed by atoms with Gasteiger partial charge in [0, 0.05) is 4.90 Å². The van der Waals surface area contributed by atoms with Crippen LogP contribution in [0.3, 0.4) is 0 Å². The van der Waals surface area contributed by atoms with Crippen molar-refractivity contribution in [1.29, 1.82) is 0 Å². The number of hydrogen-bond donors (Lipinski definition) is 3. The molecule has 0 spiro atoms. The minimum Gasteiger partial charge on any atom is -0.369 e. The zero-order valence-corrected chi connectivity index (χ0v) is 12.3. The Kier molecular flexibility index (Phi) is 4.67. The predicted octanol–water partition coefficient (Wildman–Crippen LogP) is 1.34. The van der Waals surface area contributed by atoms with Crippen LogP contribution in [0, 0.1) is 0 Å². The van der Waals surface area contributed by atoms with Crippen molar-refractivity contribution < 1.29 is 9.59 Å². The molecule has 0 aliphatic carbocycles. The van der Waals surface area contributed by atoms with Crippen LogP contribution in [0.2, 0.25) is 0 Å². The van der Waals surface area contributed by atoms with Crippen LogP contribution in [-0.2, 0) is 9.59 Å². The minimum absolute atomic E-state index is 0.0397. The molecular formula is C14H19N3O2S. The number of hydrogen-bond acceptors (Lipinski definition) is 4. The molecule has 1 aromatic rings. The van der Waals surface area contributed by atoms with Gasteiger partial charge in [-0.2, -0.15) is 0 Å². The quantitative estimate of drug-likeness (QED) is 0.715. The summed E-state index contributed by atoms with van der Waals surface area (Å²) in [6.07, 6.45) is 1.83. The van der Waals surface area contributed by atoms with Gasteiger partial charge in [0.05, 0.1) is 17.0 Å². The molecule has 2 amide bonds. The van der Waals surface area contributed by atoms with Crippen LogP contribution in [0.5, 0.6) is 0 Å². The zero-order valence-electron chi connectivity index (χ0n) is 11.4. The van der Waals surface area contributed by atoms with Gasteiger partial charge in [0.1, 0.15) is 0 Å². The average molecular weight is 293 g/mol. The number of nitrogens with two attached hydrogens (primary N) is 1. The van der Waals surface area contributed by atoms with Gasteiger partial charge in [-0.15, -0.1) is 11.8 Å². The van der Waals surface area contributed by atoms with Gasteiger partial charge in [-0.1, -0.05) is 12.1 Å². The smallest absolute Gasteiger partial charge is 0.244 e. The minimum atomic E-state index is -0.512. The highest BCUT2D eigenvalue weighted by Gasteiger charge is 2.36. The summed E-state index contributed by atoms with van der Waals surface area (Å²) in [6, 6.07) is 7.43. The second kappa shape index (κ2) is 6.28. The lowest BCUT2D eigenvalue weighted by atomic mass is 9.99. The Hall–Kier alpha value is -1.53. The molecule has 108 valence electrons. The van der Waals surface area contributed by atoms with E-state index in [4.69, 9.17) is 5.73 Å². The van der Waals surface area contributed by atoms with Gasteiger partial charge in [-0.25, -0.2) is 0 Å². The van der Waals surface area contributed by atoms with Crippen molar-refractivity contribution in [1.82, 2.24) is 5.32 Å². The maximum absolute atomic E-state index is 12.4. The number of carbonyl (C=O) groups excluding carboxylic acids is 2. The van der Waals surface area contributed by atoms with E-state index in [9.17, 15) is 9.59 Å². The lowest BCUT2D eigenvalue weighted by molar-refractivity contribution is -0.121. The largest absolute Gasteiger partial charge is 0.369 e. The first-order chi connectivity index (χ1) is 9.51. The Balaban J connectivity index is 2.08. The number of anilines is 1. The lowest BCUT2D eigenvalue weighted by Crippen LogP contribution is -2.48. The van der Waals surface area contributed by atoms with Gasteiger partial charge >= 0.3 is 0 Å². The molecule has 5 nitrogen and oxygen atoms in total. The van der Waals surface area contributed by atoms with Crippen LogP contribution in [-0.4, -0.2) is 29.7 Å². The standard InChI is InChI=1S/C14H19N3O2S/c1-14(7-4-8-16-14)13(19)17-10-5-2-3-6-11(10)20-9-12(15)18/h2-3,5-6,16H,4,7-9H2,1H3,(H2,15,18)(H,17,19). The lowest BCUT2D eigenvalue weighted by Gasteiger charge is -2.23. The maximum Gasteiger partial charge on any atom is 0.244 e. The van der Waals surface area contributed by atoms with Crippen LogP contribution in [0.25, 0.3) is 0 Å². The number of carbonyl (C=O) groups is 2. The molecule has 1 heterocycles. The summed E-state index contributed by atoms with van der Waals surface area (Å²) in [5.74, 6) is -0.217. The Morgan fingerprint density at radius 2 is 2.20 bits per heavy atom. The number of para-hydroxylation sites is 1. The fraction of sp³-hybridized carbons (Fsp3) is 0.429. The first kappa shape index (κ1) is 14.9. The van der Waals surface area contributed by atoms with Crippen molar-refractivity contribution in [2.45, 2.75) is 30.2 Å². The van der Waals surface area contributed by atoms with E-state index in [1.54, 1.807) is 0 Å². The molecule has 1 aliphatic rings. The molecule has 0 saturated carbocycles. The highest BCUT2D eigenvalue weighted by atomic mass is 32.2. The fourth-order valence-electron chi connectivity index (χ4n) is 2.19. The van der Waals surface area contributed by atoms with Gasteiger partial charge in [0.15, 0.2) is 0 Å². The van der Waals surface area contributed by atoms with Crippen LogP contribution in [0.1, 0.15) is 19.8 Å². The monoisotopic (exact) mass is 293 g/mol. The van der Waals surface area contributed by atoms with Gasteiger partial charge < -0.3 is 16.4 Å². The van der Waals surface area contributed by atoms with Crippen molar-refractivity contribution in [3.05, 3.63) is 24.3 Å². The SMILES string of the molecule is CC1(C(=O)Nc2ccccc2SCC(N)=O)CCCN1. The molecule has 0 aromatic heterocycles. The number of primary amides is 1. The van der Waals surface area contributed by atoms with E-state index in [0.717, 1.165) is 30.0 Å². The van der Waals surface area contributed by atoms with E-state index in [1.807, 2.05) is 31.2 Å². The molecule has 1 atom stereocenters. The van der Waals surface area contributed by atoms with Crippen LogP contribution < -0.4 is 16.4 Å². The molecular weight excluding hydrogens is 274 g/mol. The van der Waals surface area contributed by atoms with Crippen LogP contribution in [0.4, 0.5) is 5.69 Å². The Morgan fingerprint density at radius 1 is 1.45 bits per heavy atom. The zero-order chi connectivity index (χ0) is 14.6. The highest BCUT2D eigenvalue weighted by Crippen LogP contribution is 2.28. The van der Waals surface area contributed by atoms with E-state index >= 15 is 0 Å². The summed E-state index contributed by atoms with van der Waals surface area (Å²) in [5.41, 5.74) is 5.36. The molecule has 4 N–H and O–H groups in total. The normalized spacial score (nSPS) is 21.6. The summed E-state index contributed by atoms with van der Waals surface area (Å²) in [5, 5.41) is 6.17. The molecule has 1 saturated heterocycles. The molecule has 0 bridgehead atoms. The second-order valence-corrected chi connectivity index (χ2v) is 6.08. The molecule has 6 heteroatoms. The predicted molar refractivity (Wildman–Crippen MR) is 80.6 cm³/mol. The van der Waals surface area contributed by atoms with E-state index < -0.39 is 5.54 Å². The molecule has 1 aromatic carbocycles. The topological polar surface area (TPSA) is 84.2 Å². The number of nitrogens with one attached hydrogen (secondary N) is 2. The molecule has 2 rings (SSSR count). The summed E-state index contributed by atoms with van der Waals surface area (Å²) < 4.78 is 0. The van der Waals surface area contributed by atoms with Crippen molar-refractivity contribution in [3.8, 4) is 0 Å². The highest BCUT2D eigenvalue weighted by molar-refractivity contribution is 8.00. The van der Waals surface area contributed by atoms with Crippen molar-refractivity contribution in [3.63, 3.8) is 0 Å². The van der Waals surface area contributed by atoms with Crippen molar-refractivity contribution in [2.24, 2.45) is 5.73 Å². The fourth-order valence-corrected chi connectivity index (χ4v) is 2.94. The van der Waals surface area contributed by atoms with Crippen LogP contribution in [0.15, 0.2) is 29.2 Å². The summed E-state index contributed by atoms with van der Waals surface area (Å²) in [4.78, 5) is 24.1. The van der Waals surface area contributed by atoms with Gasteiger partial charge in [0.25, 0.3) is 0 Å². The number of amides is 2. The Bertz CT molecular complexity index is 513. The third-order valence-corrected chi connectivity index (χ3v) is 4.47. The van der Waals surface area contributed by atoms with Crippen molar-refractivity contribution in [2.75, 3.05) is 17.6 Å².